The quantitative estimate of drug-likeness (QED) is 0.564. The lowest BCUT2D eigenvalue weighted by Crippen LogP contribution is -2.14. The van der Waals surface area contributed by atoms with Gasteiger partial charge in [0.2, 0.25) is 5.91 Å². The van der Waals surface area contributed by atoms with Crippen molar-refractivity contribution in [1.82, 2.24) is 9.97 Å². The summed E-state index contributed by atoms with van der Waals surface area (Å²) in [5.41, 5.74) is 1.95. The van der Waals surface area contributed by atoms with Gasteiger partial charge in [-0.2, -0.15) is 5.26 Å². The zero-order valence-corrected chi connectivity index (χ0v) is 16.8. The molecule has 2 N–H and O–H groups in total. The highest BCUT2D eigenvalue weighted by Gasteiger charge is 2.24. The highest BCUT2D eigenvalue weighted by Crippen LogP contribution is 2.39. The van der Waals surface area contributed by atoms with Gasteiger partial charge in [-0.15, -0.1) is 11.3 Å². The molecular weight excluding hydrogens is 384 g/mol. The summed E-state index contributed by atoms with van der Waals surface area (Å²) < 4.78 is 4.89. The molecule has 3 rings (SSSR count). The van der Waals surface area contributed by atoms with E-state index in [2.05, 4.69) is 28.3 Å². The molecule has 0 aliphatic heterocycles. The van der Waals surface area contributed by atoms with Gasteiger partial charge in [0.1, 0.15) is 16.8 Å². The van der Waals surface area contributed by atoms with E-state index in [0.29, 0.717) is 21.6 Å². The van der Waals surface area contributed by atoms with Crippen molar-refractivity contribution >= 4 is 40.0 Å². The second-order valence-corrected chi connectivity index (χ2v) is 8.40. The first-order valence-corrected chi connectivity index (χ1v) is 10.5. The molecule has 1 unspecified atom stereocenters. The predicted molar refractivity (Wildman–Crippen MR) is 104 cm³/mol. The van der Waals surface area contributed by atoms with Crippen LogP contribution in [0, 0.1) is 17.2 Å². The van der Waals surface area contributed by atoms with Crippen LogP contribution in [0.1, 0.15) is 46.8 Å². The first-order valence-electron chi connectivity index (χ1n) is 8.71. The van der Waals surface area contributed by atoms with Crippen LogP contribution in [-0.4, -0.2) is 34.2 Å². The van der Waals surface area contributed by atoms with Crippen molar-refractivity contribution in [3.8, 4) is 6.07 Å². The molecule has 2 aromatic heterocycles. The van der Waals surface area contributed by atoms with Crippen molar-refractivity contribution in [2.24, 2.45) is 5.92 Å². The van der Waals surface area contributed by atoms with E-state index in [0.717, 1.165) is 24.8 Å². The van der Waals surface area contributed by atoms with Gasteiger partial charge in [-0.3, -0.25) is 4.79 Å². The van der Waals surface area contributed by atoms with Crippen LogP contribution in [0.25, 0.3) is 0 Å². The van der Waals surface area contributed by atoms with Gasteiger partial charge in [0.15, 0.2) is 5.16 Å². The smallest absolute Gasteiger partial charge is 0.356 e. The van der Waals surface area contributed by atoms with Crippen LogP contribution >= 0.6 is 23.1 Å². The van der Waals surface area contributed by atoms with E-state index in [1.807, 2.05) is 0 Å². The maximum atomic E-state index is 12.3. The van der Waals surface area contributed by atoms with Crippen LogP contribution in [-0.2, 0) is 22.4 Å². The average Bonchev–Trinajstić information content (AvgIpc) is 3.24. The van der Waals surface area contributed by atoms with Crippen LogP contribution in [0.5, 0.6) is 0 Å². The molecule has 0 spiro atoms. The fourth-order valence-corrected chi connectivity index (χ4v) is 4.97. The van der Waals surface area contributed by atoms with Gasteiger partial charge in [0.05, 0.1) is 24.1 Å². The van der Waals surface area contributed by atoms with E-state index in [4.69, 9.17) is 4.74 Å². The summed E-state index contributed by atoms with van der Waals surface area (Å²) in [7, 11) is 0. The van der Waals surface area contributed by atoms with E-state index in [-0.39, 0.29) is 24.0 Å². The number of thioether (sulfide) groups is 1. The topological polar surface area (TPSA) is 108 Å². The maximum absolute atomic E-state index is 12.3. The van der Waals surface area contributed by atoms with Crippen LogP contribution in [0.15, 0.2) is 11.4 Å². The fraction of sp³-hybridized carbons (Fsp3) is 0.444. The maximum Gasteiger partial charge on any atom is 0.356 e. The number of anilines is 1. The fourth-order valence-electron chi connectivity index (χ4n) is 2.94. The summed E-state index contributed by atoms with van der Waals surface area (Å²) in [6, 6.07) is 2.24. The number of hydrogen-bond acceptors (Lipinski definition) is 7. The molecule has 1 aliphatic carbocycles. The molecule has 2 aromatic rings. The molecule has 27 heavy (non-hydrogen) atoms. The summed E-state index contributed by atoms with van der Waals surface area (Å²) in [4.78, 5) is 32.0. The number of fused-ring (bicyclic) bond motifs is 1. The monoisotopic (exact) mass is 404 g/mol. The largest absolute Gasteiger partial charge is 0.461 e. The number of rotatable bonds is 6. The Bertz CT molecular complexity index is 897. The van der Waals surface area contributed by atoms with Crippen molar-refractivity contribution in [3.63, 3.8) is 0 Å². The van der Waals surface area contributed by atoms with Crippen LogP contribution < -0.4 is 5.32 Å². The standard InChI is InChI=1S/C18H20N4O3S2/c1-3-25-17(24)13-8-20-18(21-13)26-9-15(23)22-16-12(7-19)11-5-4-10(2)6-14(11)27-16/h8,10H,3-6,9H2,1-2H3,(H,20,21)(H,22,23). The highest BCUT2D eigenvalue weighted by atomic mass is 32.2. The molecule has 0 bridgehead atoms. The lowest BCUT2D eigenvalue weighted by Gasteiger charge is -2.17. The minimum absolute atomic E-state index is 0.125. The second-order valence-electron chi connectivity index (χ2n) is 6.33. The number of aromatic nitrogens is 2. The normalized spacial score (nSPS) is 15.7. The van der Waals surface area contributed by atoms with Crippen molar-refractivity contribution in [2.45, 2.75) is 38.3 Å². The number of aromatic amines is 1. The van der Waals surface area contributed by atoms with Crippen LogP contribution in [0.4, 0.5) is 5.00 Å². The molecule has 0 aromatic carbocycles. The molecule has 9 heteroatoms. The van der Waals surface area contributed by atoms with Gasteiger partial charge in [0.25, 0.3) is 0 Å². The first-order chi connectivity index (χ1) is 13.0. The molecule has 7 nitrogen and oxygen atoms in total. The lowest BCUT2D eigenvalue weighted by molar-refractivity contribution is -0.113. The number of ether oxygens (including phenoxy) is 1. The Morgan fingerprint density at radius 2 is 2.37 bits per heavy atom. The lowest BCUT2D eigenvalue weighted by atomic mass is 9.89. The number of H-pyrrole nitrogens is 1. The number of esters is 1. The Hall–Kier alpha value is -2.31. The molecule has 0 saturated heterocycles. The van der Waals surface area contributed by atoms with Crippen LogP contribution in [0.2, 0.25) is 0 Å². The first kappa shape index (κ1) is 19.5. The van der Waals surface area contributed by atoms with Crippen molar-refractivity contribution < 1.29 is 14.3 Å². The number of thiophene rings is 1. The summed E-state index contributed by atoms with van der Waals surface area (Å²) >= 11 is 2.69. The van der Waals surface area contributed by atoms with Gasteiger partial charge >= 0.3 is 5.97 Å². The number of carbonyl (C=O) groups excluding carboxylic acids is 2. The SMILES string of the molecule is CCOC(=O)c1cnc(SCC(=O)Nc2sc3c(c2C#N)CCC(C)C3)[nH]1. The third-order valence-corrected chi connectivity index (χ3v) is 6.32. The van der Waals surface area contributed by atoms with Crippen molar-refractivity contribution in [2.75, 3.05) is 17.7 Å². The summed E-state index contributed by atoms with van der Waals surface area (Å²) in [6.45, 7) is 4.22. The third-order valence-electron chi connectivity index (χ3n) is 4.26. The summed E-state index contributed by atoms with van der Waals surface area (Å²) in [5.74, 6) is 0.0459. The third kappa shape index (κ3) is 4.51. The van der Waals surface area contributed by atoms with Gasteiger partial charge in [-0.05, 0) is 37.7 Å². The summed E-state index contributed by atoms with van der Waals surface area (Å²) in [6.07, 6.45) is 4.31. The Morgan fingerprint density at radius 3 is 3.11 bits per heavy atom. The number of nitrogens with one attached hydrogen (secondary N) is 2. The van der Waals surface area contributed by atoms with E-state index < -0.39 is 5.97 Å². The van der Waals surface area contributed by atoms with E-state index >= 15 is 0 Å². The minimum Gasteiger partial charge on any atom is -0.461 e. The Kier molecular flexibility index (Phi) is 6.19. The number of imidazole rings is 1. The Labute approximate surface area is 165 Å². The van der Waals surface area contributed by atoms with Crippen LogP contribution in [0.3, 0.4) is 0 Å². The van der Waals surface area contributed by atoms with Gasteiger partial charge in [-0.25, -0.2) is 9.78 Å². The molecule has 2 heterocycles. The van der Waals surface area contributed by atoms with Gasteiger partial charge in [-0.1, -0.05) is 18.7 Å². The number of carbonyl (C=O) groups is 2. The van der Waals surface area contributed by atoms with Crippen molar-refractivity contribution in [3.05, 3.63) is 27.9 Å². The summed E-state index contributed by atoms with van der Waals surface area (Å²) in [5, 5.41) is 13.4. The molecule has 142 valence electrons. The molecule has 1 atom stereocenters. The molecule has 0 radical (unpaired) electrons. The number of nitrogens with zero attached hydrogens (tertiary/aromatic N) is 2. The van der Waals surface area contributed by atoms with Gasteiger partial charge < -0.3 is 15.0 Å². The van der Waals surface area contributed by atoms with E-state index in [9.17, 15) is 14.9 Å². The Balaban J connectivity index is 1.60. The molecular formula is C18H20N4O3S2. The van der Waals surface area contributed by atoms with E-state index in [1.165, 1.54) is 34.2 Å². The minimum atomic E-state index is -0.474. The van der Waals surface area contributed by atoms with Crippen molar-refractivity contribution in [1.29, 1.82) is 5.26 Å². The zero-order valence-electron chi connectivity index (χ0n) is 15.1. The number of nitriles is 1. The molecule has 0 saturated carbocycles. The molecule has 1 amide bonds. The molecule has 0 fully saturated rings. The number of hydrogen-bond donors (Lipinski definition) is 2. The predicted octanol–water partition coefficient (Wildman–Crippen LogP) is 3.38. The highest BCUT2D eigenvalue weighted by molar-refractivity contribution is 7.99. The van der Waals surface area contributed by atoms with Gasteiger partial charge in [0, 0.05) is 4.88 Å². The number of amides is 1. The average molecular weight is 405 g/mol. The zero-order chi connectivity index (χ0) is 19.4. The Morgan fingerprint density at radius 1 is 1.56 bits per heavy atom. The second kappa shape index (κ2) is 8.59. The molecule has 1 aliphatic rings. The van der Waals surface area contributed by atoms with E-state index in [1.54, 1.807) is 6.92 Å².